The largest absolute Gasteiger partial charge is 0.483 e. The number of carbonyl (C=O) groups is 2. The Bertz CT molecular complexity index is 1510. The molecule has 2 amide bonds. The Balaban J connectivity index is 1.43. The molecular formula is C28H26ClFN4O4. The van der Waals surface area contributed by atoms with Crippen LogP contribution in [0.4, 0.5) is 4.39 Å². The molecule has 3 aromatic rings. The van der Waals surface area contributed by atoms with E-state index in [2.05, 4.69) is 10.6 Å². The van der Waals surface area contributed by atoms with E-state index in [1.165, 1.54) is 12.1 Å². The first-order valence-corrected chi connectivity index (χ1v) is 13.0. The van der Waals surface area contributed by atoms with Crippen LogP contribution < -0.4 is 20.8 Å². The molecule has 1 saturated heterocycles. The molecule has 6 rings (SSSR count). The van der Waals surface area contributed by atoms with Crippen molar-refractivity contribution in [2.45, 2.75) is 51.2 Å². The fourth-order valence-corrected chi connectivity index (χ4v) is 6.01. The number of ether oxygens (including phenoxy) is 1. The van der Waals surface area contributed by atoms with Gasteiger partial charge in [-0.3, -0.25) is 19.7 Å². The predicted octanol–water partition coefficient (Wildman–Crippen LogP) is 3.41. The van der Waals surface area contributed by atoms with E-state index in [0.29, 0.717) is 25.1 Å². The molecule has 38 heavy (non-hydrogen) atoms. The fourth-order valence-electron chi connectivity index (χ4n) is 5.82. The number of halogens is 2. The van der Waals surface area contributed by atoms with Crippen LogP contribution in [0.15, 0.2) is 53.3 Å². The van der Waals surface area contributed by atoms with Gasteiger partial charge in [0.1, 0.15) is 24.2 Å². The van der Waals surface area contributed by atoms with E-state index in [1.807, 2.05) is 41.8 Å². The third-order valence-corrected chi connectivity index (χ3v) is 7.89. The van der Waals surface area contributed by atoms with E-state index in [9.17, 15) is 18.8 Å². The maximum atomic E-state index is 14.4. The SMILES string of the molecule is C[C@H]1CNC2C3CCc4c(C(=O)NCc5cccc(Cl)c5F)c(=O)c(OCc5ccccc5)c(n43)C(=O)N21. The van der Waals surface area contributed by atoms with Crippen molar-refractivity contribution in [2.75, 3.05) is 6.54 Å². The molecule has 2 N–H and O–H groups in total. The molecule has 0 spiro atoms. The van der Waals surface area contributed by atoms with Gasteiger partial charge in [0.25, 0.3) is 11.8 Å². The molecule has 1 aromatic heterocycles. The zero-order valence-electron chi connectivity index (χ0n) is 20.7. The summed E-state index contributed by atoms with van der Waals surface area (Å²) in [5, 5.41) is 6.04. The second kappa shape index (κ2) is 9.56. The standard InChI is InChI=1S/C28H26ClFN4O4/c1-15-12-31-26-20-11-10-19-21(27(36)32-13-17-8-5-9-18(29)22(17)30)24(35)25(23(34(19)20)28(37)33(15)26)38-14-16-6-3-2-4-7-16/h2-9,15,20,26,31H,10-14H2,1H3,(H,32,36)/t15-,20?,26?/m0/s1. The van der Waals surface area contributed by atoms with Gasteiger partial charge in [-0.25, -0.2) is 4.39 Å². The number of rotatable bonds is 6. The lowest BCUT2D eigenvalue weighted by Crippen LogP contribution is -2.53. The van der Waals surface area contributed by atoms with Gasteiger partial charge in [-0.05, 0) is 31.4 Å². The minimum absolute atomic E-state index is 0.0436. The zero-order chi connectivity index (χ0) is 26.6. The van der Waals surface area contributed by atoms with Gasteiger partial charge in [0.2, 0.25) is 5.43 Å². The monoisotopic (exact) mass is 536 g/mol. The molecule has 8 nitrogen and oxygen atoms in total. The van der Waals surface area contributed by atoms with Crippen LogP contribution in [-0.2, 0) is 19.6 Å². The van der Waals surface area contributed by atoms with Gasteiger partial charge >= 0.3 is 0 Å². The van der Waals surface area contributed by atoms with Crippen molar-refractivity contribution in [3.05, 3.63) is 97.7 Å². The molecule has 1 fully saturated rings. The average molecular weight is 537 g/mol. The van der Waals surface area contributed by atoms with Gasteiger partial charge in [0.15, 0.2) is 11.4 Å². The number of benzene rings is 2. The van der Waals surface area contributed by atoms with Crippen LogP contribution in [0.3, 0.4) is 0 Å². The van der Waals surface area contributed by atoms with E-state index in [4.69, 9.17) is 16.3 Å². The third kappa shape index (κ3) is 3.88. The minimum atomic E-state index is -0.646. The van der Waals surface area contributed by atoms with E-state index in [1.54, 1.807) is 11.0 Å². The molecule has 3 atom stereocenters. The van der Waals surface area contributed by atoms with E-state index in [-0.39, 0.29) is 64.9 Å². The van der Waals surface area contributed by atoms with Crippen molar-refractivity contribution in [2.24, 2.45) is 0 Å². The number of hydrogen-bond acceptors (Lipinski definition) is 5. The molecule has 0 radical (unpaired) electrons. The summed E-state index contributed by atoms with van der Waals surface area (Å²) >= 11 is 5.88. The van der Waals surface area contributed by atoms with Crippen LogP contribution >= 0.6 is 11.6 Å². The van der Waals surface area contributed by atoms with Crippen LogP contribution in [0.25, 0.3) is 0 Å². The molecule has 10 heteroatoms. The summed E-state index contributed by atoms with van der Waals surface area (Å²) in [5.74, 6) is -1.70. The highest BCUT2D eigenvalue weighted by molar-refractivity contribution is 6.30. The molecule has 0 bridgehead atoms. The second-order valence-corrected chi connectivity index (χ2v) is 10.3. The number of aromatic nitrogens is 1. The molecule has 0 saturated carbocycles. The molecule has 4 heterocycles. The summed E-state index contributed by atoms with van der Waals surface area (Å²) in [6.45, 7) is 2.52. The highest BCUT2D eigenvalue weighted by Gasteiger charge is 2.50. The summed E-state index contributed by atoms with van der Waals surface area (Å²) in [6, 6.07) is 13.7. The highest BCUT2D eigenvalue weighted by atomic mass is 35.5. The molecule has 3 aliphatic rings. The van der Waals surface area contributed by atoms with Crippen molar-refractivity contribution < 1.29 is 18.7 Å². The molecule has 0 aliphatic carbocycles. The van der Waals surface area contributed by atoms with Gasteiger partial charge in [0, 0.05) is 30.4 Å². The van der Waals surface area contributed by atoms with Gasteiger partial charge in [-0.15, -0.1) is 0 Å². The first-order chi connectivity index (χ1) is 18.4. The molecule has 2 unspecified atom stereocenters. The molecular weight excluding hydrogens is 511 g/mol. The summed E-state index contributed by atoms with van der Waals surface area (Å²) in [4.78, 5) is 42.9. The molecule has 3 aliphatic heterocycles. The first-order valence-electron chi connectivity index (χ1n) is 12.6. The highest BCUT2D eigenvalue weighted by Crippen LogP contribution is 2.42. The maximum Gasteiger partial charge on any atom is 0.276 e. The normalized spacial score (nSPS) is 21.3. The first kappa shape index (κ1) is 24.6. The Morgan fingerprint density at radius 1 is 1.18 bits per heavy atom. The van der Waals surface area contributed by atoms with Crippen LogP contribution in [0.1, 0.15) is 57.1 Å². The summed E-state index contributed by atoms with van der Waals surface area (Å²) < 4.78 is 22.3. The smallest absolute Gasteiger partial charge is 0.276 e. The Kier molecular flexibility index (Phi) is 6.20. The zero-order valence-corrected chi connectivity index (χ0v) is 21.4. The number of nitrogens with one attached hydrogen (secondary N) is 2. The number of nitrogens with zero attached hydrogens (tertiary/aromatic N) is 2. The average Bonchev–Trinajstić information content (AvgIpc) is 3.52. The topological polar surface area (TPSA) is 92.7 Å². The number of fused-ring (bicyclic) bond motifs is 2. The van der Waals surface area contributed by atoms with Crippen LogP contribution in [0.5, 0.6) is 5.75 Å². The molecule has 196 valence electrons. The van der Waals surface area contributed by atoms with Crippen LogP contribution in [0, 0.1) is 5.82 Å². The fraction of sp³-hybridized carbons (Fsp3) is 0.321. The van der Waals surface area contributed by atoms with Gasteiger partial charge in [-0.2, -0.15) is 0 Å². The maximum absolute atomic E-state index is 14.4. The Labute approximate surface area is 223 Å². The van der Waals surface area contributed by atoms with Crippen molar-refractivity contribution in [1.29, 1.82) is 0 Å². The lowest BCUT2D eigenvalue weighted by molar-refractivity contribution is 0.0521. The van der Waals surface area contributed by atoms with E-state index < -0.39 is 17.2 Å². The van der Waals surface area contributed by atoms with Crippen molar-refractivity contribution >= 4 is 23.4 Å². The number of hydrogen-bond donors (Lipinski definition) is 2. The lowest BCUT2D eigenvalue weighted by Gasteiger charge is -2.39. The van der Waals surface area contributed by atoms with E-state index >= 15 is 0 Å². The van der Waals surface area contributed by atoms with Gasteiger partial charge < -0.3 is 19.5 Å². The van der Waals surface area contributed by atoms with Crippen LogP contribution in [-0.4, -0.2) is 40.0 Å². The number of pyridine rings is 1. The molecule has 2 aromatic carbocycles. The minimum Gasteiger partial charge on any atom is -0.483 e. The number of amides is 2. The van der Waals surface area contributed by atoms with Gasteiger partial charge in [0.05, 0.1) is 11.1 Å². The van der Waals surface area contributed by atoms with Crippen molar-refractivity contribution in [3.8, 4) is 5.75 Å². The third-order valence-electron chi connectivity index (χ3n) is 7.60. The summed E-state index contributed by atoms with van der Waals surface area (Å²) in [7, 11) is 0. The van der Waals surface area contributed by atoms with Crippen LogP contribution in [0.2, 0.25) is 5.02 Å². The second-order valence-electron chi connectivity index (χ2n) is 9.89. The van der Waals surface area contributed by atoms with Crippen molar-refractivity contribution in [1.82, 2.24) is 20.1 Å². The Morgan fingerprint density at radius 2 is 1.97 bits per heavy atom. The van der Waals surface area contributed by atoms with Gasteiger partial charge in [-0.1, -0.05) is 54.1 Å². The predicted molar refractivity (Wildman–Crippen MR) is 139 cm³/mol. The van der Waals surface area contributed by atoms with E-state index in [0.717, 1.165) is 5.56 Å². The quantitative estimate of drug-likeness (QED) is 0.504. The summed E-state index contributed by atoms with van der Waals surface area (Å²) in [6.07, 6.45) is 0.881. The van der Waals surface area contributed by atoms with Crippen molar-refractivity contribution in [3.63, 3.8) is 0 Å². The number of carbonyl (C=O) groups excluding carboxylic acids is 2. The Morgan fingerprint density at radius 3 is 2.76 bits per heavy atom. The Hall–Kier alpha value is -3.69. The summed E-state index contributed by atoms with van der Waals surface area (Å²) in [5.41, 5.74) is 0.996. The lowest BCUT2D eigenvalue weighted by atomic mass is 10.1.